The van der Waals surface area contributed by atoms with Crippen LogP contribution in [0.5, 0.6) is 0 Å². The minimum Gasteiger partial charge on any atom is -0.322 e. The maximum Gasteiger partial charge on any atom is 0.184 e. The van der Waals surface area contributed by atoms with Gasteiger partial charge in [0.15, 0.2) is 4.87 Å². The summed E-state index contributed by atoms with van der Waals surface area (Å²) in [5, 5.41) is 8.94. The molecule has 1 aliphatic carbocycles. The monoisotopic (exact) mass is 188 g/mol. The van der Waals surface area contributed by atoms with Gasteiger partial charge in [-0.1, -0.05) is 35.4 Å². The van der Waals surface area contributed by atoms with Gasteiger partial charge in [0.05, 0.1) is 17.1 Å². The van der Waals surface area contributed by atoms with E-state index in [1.165, 1.54) is 0 Å². The second-order valence-corrected chi connectivity index (χ2v) is 3.25. The van der Waals surface area contributed by atoms with Crippen LogP contribution in [0, 0.1) is 11.3 Å². The second kappa shape index (κ2) is 2.86. The summed E-state index contributed by atoms with van der Waals surface area (Å²) in [7, 11) is 0. The van der Waals surface area contributed by atoms with Gasteiger partial charge >= 0.3 is 0 Å². The van der Waals surface area contributed by atoms with E-state index in [-0.39, 0.29) is 5.03 Å². The Bertz CT molecular complexity index is 264. The molecule has 2 unspecified atom stereocenters. The first-order chi connectivity index (χ1) is 5.11. The van der Waals surface area contributed by atoms with Crippen molar-refractivity contribution < 1.29 is 0 Å². The van der Waals surface area contributed by atoms with Crippen molar-refractivity contribution in [3.8, 4) is 6.07 Å². The molecule has 0 radical (unpaired) electrons. The van der Waals surface area contributed by atoms with Crippen molar-refractivity contribution in [3.05, 3.63) is 23.3 Å². The fourth-order valence-electron chi connectivity index (χ4n) is 0.801. The standard InChI is InChI=1S/C7H6Cl2N2/c8-5-2-1-3-6(11)7(5,9)4-10/h1-3,6H,11H2. The summed E-state index contributed by atoms with van der Waals surface area (Å²) < 4.78 is 0. The Kier molecular flexibility index (Phi) is 2.24. The van der Waals surface area contributed by atoms with Crippen LogP contribution in [0.2, 0.25) is 0 Å². The number of rotatable bonds is 0. The molecule has 11 heavy (non-hydrogen) atoms. The SMILES string of the molecule is N#CC1(Cl)C(Cl)=CC=CC1N. The van der Waals surface area contributed by atoms with Crippen molar-refractivity contribution >= 4 is 23.2 Å². The number of alkyl halides is 1. The van der Waals surface area contributed by atoms with E-state index in [1.807, 2.05) is 6.07 Å². The largest absolute Gasteiger partial charge is 0.322 e. The smallest absolute Gasteiger partial charge is 0.184 e. The van der Waals surface area contributed by atoms with E-state index in [2.05, 4.69) is 0 Å². The lowest BCUT2D eigenvalue weighted by Gasteiger charge is -2.25. The highest BCUT2D eigenvalue weighted by atomic mass is 35.5. The van der Waals surface area contributed by atoms with Crippen molar-refractivity contribution in [3.63, 3.8) is 0 Å². The van der Waals surface area contributed by atoms with E-state index in [1.54, 1.807) is 18.2 Å². The molecule has 2 nitrogen and oxygen atoms in total. The summed E-state index contributed by atoms with van der Waals surface area (Å²) >= 11 is 11.5. The molecule has 0 aliphatic heterocycles. The van der Waals surface area contributed by atoms with Crippen LogP contribution in [0.1, 0.15) is 0 Å². The highest BCUT2D eigenvalue weighted by Crippen LogP contribution is 2.33. The molecular weight excluding hydrogens is 183 g/mol. The number of nitriles is 1. The maximum atomic E-state index is 8.67. The Morgan fingerprint density at radius 2 is 2.36 bits per heavy atom. The van der Waals surface area contributed by atoms with Gasteiger partial charge in [-0.2, -0.15) is 5.26 Å². The molecule has 0 aromatic rings. The highest BCUT2D eigenvalue weighted by molar-refractivity contribution is 6.41. The van der Waals surface area contributed by atoms with Gasteiger partial charge in [0.2, 0.25) is 0 Å². The minimum atomic E-state index is -1.27. The van der Waals surface area contributed by atoms with Crippen LogP contribution in [-0.2, 0) is 0 Å². The van der Waals surface area contributed by atoms with Crippen molar-refractivity contribution in [1.29, 1.82) is 5.26 Å². The van der Waals surface area contributed by atoms with Gasteiger partial charge in [-0.15, -0.1) is 0 Å². The topological polar surface area (TPSA) is 49.8 Å². The molecule has 0 aromatic heterocycles. The third kappa shape index (κ3) is 1.28. The molecule has 58 valence electrons. The third-order valence-corrected chi connectivity index (χ3v) is 2.59. The van der Waals surface area contributed by atoms with Crippen LogP contribution < -0.4 is 5.73 Å². The quantitative estimate of drug-likeness (QED) is 0.587. The first-order valence-corrected chi connectivity index (χ1v) is 3.77. The summed E-state index contributed by atoms with van der Waals surface area (Å²) in [5.74, 6) is 0. The molecule has 0 bridgehead atoms. The number of hydrogen-bond acceptors (Lipinski definition) is 2. The predicted molar refractivity (Wildman–Crippen MR) is 45.2 cm³/mol. The molecule has 1 rings (SSSR count). The van der Waals surface area contributed by atoms with Crippen molar-refractivity contribution in [2.75, 3.05) is 0 Å². The van der Waals surface area contributed by atoms with E-state index in [9.17, 15) is 0 Å². The molecule has 0 fully saturated rings. The van der Waals surface area contributed by atoms with Gasteiger partial charge in [0.1, 0.15) is 0 Å². The molecule has 2 N–H and O–H groups in total. The Morgan fingerprint density at radius 1 is 1.73 bits per heavy atom. The first-order valence-electron chi connectivity index (χ1n) is 3.01. The van der Waals surface area contributed by atoms with E-state index in [0.717, 1.165) is 0 Å². The van der Waals surface area contributed by atoms with Gasteiger partial charge in [0.25, 0.3) is 0 Å². The van der Waals surface area contributed by atoms with Gasteiger partial charge in [0, 0.05) is 0 Å². The molecule has 0 heterocycles. The molecule has 2 atom stereocenters. The molecule has 0 amide bonds. The van der Waals surface area contributed by atoms with Gasteiger partial charge in [-0.3, -0.25) is 0 Å². The van der Waals surface area contributed by atoms with Crippen LogP contribution in [-0.4, -0.2) is 10.9 Å². The van der Waals surface area contributed by atoms with Crippen molar-refractivity contribution in [2.24, 2.45) is 5.73 Å². The van der Waals surface area contributed by atoms with E-state index >= 15 is 0 Å². The molecule has 1 aliphatic rings. The molecule has 0 saturated carbocycles. The summed E-state index contributed by atoms with van der Waals surface area (Å²) in [4.78, 5) is -1.27. The summed E-state index contributed by atoms with van der Waals surface area (Å²) in [5.41, 5.74) is 5.55. The minimum absolute atomic E-state index is 0.275. The van der Waals surface area contributed by atoms with Crippen LogP contribution in [0.25, 0.3) is 0 Å². The lowest BCUT2D eigenvalue weighted by Crippen LogP contribution is -2.42. The Balaban J connectivity index is 3.06. The third-order valence-electron chi connectivity index (χ3n) is 1.53. The van der Waals surface area contributed by atoms with Gasteiger partial charge in [-0.25, -0.2) is 0 Å². The Morgan fingerprint density at radius 3 is 2.73 bits per heavy atom. The summed E-state index contributed by atoms with van der Waals surface area (Å²) in [6.07, 6.45) is 4.90. The Labute approximate surface area is 74.9 Å². The van der Waals surface area contributed by atoms with E-state index in [0.29, 0.717) is 0 Å². The lowest BCUT2D eigenvalue weighted by molar-refractivity contribution is 0.720. The normalized spacial score (nSPS) is 36.2. The molecular formula is C7H6Cl2N2. The van der Waals surface area contributed by atoms with Crippen molar-refractivity contribution in [2.45, 2.75) is 10.9 Å². The summed E-state index contributed by atoms with van der Waals surface area (Å²) in [6.45, 7) is 0. The number of halogens is 2. The predicted octanol–water partition coefficient (Wildman–Crippen LogP) is 1.51. The number of allylic oxidation sites excluding steroid dienone is 2. The zero-order chi connectivity index (χ0) is 8.48. The first kappa shape index (κ1) is 8.61. The molecule has 0 aromatic carbocycles. The van der Waals surface area contributed by atoms with Crippen LogP contribution in [0.3, 0.4) is 0 Å². The number of nitrogens with two attached hydrogens (primary N) is 1. The fraction of sp³-hybridized carbons (Fsp3) is 0.286. The van der Waals surface area contributed by atoms with Crippen LogP contribution >= 0.6 is 23.2 Å². The highest BCUT2D eigenvalue weighted by Gasteiger charge is 2.38. The number of hydrogen-bond donors (Lipinski definition) is 1. The van der Waals surface area contributed by atoms with Crippen LogP contribution in [0.4, 0.5) is 0 Å². The van der Waals surface area contributed by atoms with Crippen LogP contribution in [0.15, 0.2) is 23.3 Å². The molecule has 4 heteroatoms. The average molecular weight is 189 g/mol. The fourth-order valence-corrected chi connectivity index (χ4v) is 1.18. The zero-order valence-electron chi connectivity index (χ0n) is 5.59. The molecule has 0 saturated heterocycles. The number of nitrogens with zero attached hydrogens (tertiary/aromatic N) is 1. The maximum absolute atomic E-state index is 8.67. The van der Waals surface area contributed by atoms with Crippen molar-refractivity contribution in [1.82, 2.24) is 0 Å². The van der Waals surface area contributed by atoms with Gasteiger partial charge < -0.3 is 5.73 Å². The van der Waals surface area contributed by atoms with E-state index in [4.69, 9.17) is 34.2 Å². The lowest BCUT2D eigenvalue weighted by atomic mass is 9.96. The second-order valence-electron chi connectivity index (χ2n) is 2.25. The van der Waals surface area contributed by atoms with E-state index < -0.39 is 10.9 Å². The van der Waals surface area contributed by atoms with Gasteiger partial charge in [-0.05, 0) is 6.08 Å². The average Bonchev–Trinajstić information content (AvgIpc) is 2.00. The Hall–Kier alpha value is -0.490. The zero-order valence-corrected chi connectivity index (χ0v) is 7.10. The molecule has 0 spiro atoms. The summed E-state index contributed by atoms with van der Waals surface area (Å²) in [6, 6.07) is 1.33.